The molecule has 150 valence electrons. The van der Waals surface area contributed by atoms with Gasteiger partial charge in [0.25, 0.3) is 0 Å². The molecule has 0 bridgehead atoms. The highest BCUT2D eigenvalue weighted by molar-refractivity contribution is 7.14. The first-order chi connectivity index (χ1) is 14.8. The highest BCUT2D eigenvalue weighted by Gasteiger charge is 2.50. The number of hydrogen-bond donors (Lipinski definition) is 1. The lowest BCUT2D eigenvalue weighted by atomic mass is 9.76. The molecule has 2 aliphatic rings. The van der Waals surface area contributed by atoms with Crippen LogP contribution in [-0.4, -0.2) is 28.8 Å². The highest BCUT2D eigenvalue weighted by Crippen LogP contribution is 2.45. The molecule has 1 N–H and O–H groups in total. The maximum atomic E-state index is 10.1. The molecule has 5 heteroatoms. The van der Waals surface area contributed by atoms with Crippen LogP contribution in [0.1, 0.15) is 36.3 Å². The van der Waals surface area contributed by atoms with Gasteiger partial charge in [0.05, 0.1) is 24.4 Å². The number of allylic oxidation sites excluding steroid dienone is 2. The van der Waals surface area contributed by atoms with E-state index >= 15 is 0 Å². The van der Waals surface area contributed by atoms with Crippen molar-refractivity contribution in [1.82, 2.24) is 4.98 Å². The average molecular weight is 414 g/mol. The summed E-state index contributed by atoms with van der Waals surface area (Å²) in [6, 6.07) is 20.6. The van der Waals surface area contributed by atoms with Gasteiger partial charge in [-0.25, -0.2) is 4.98 Å². The van der Waals surface area contributed by atoms with Gasteiger partial charge in [0, 0.05) is 16.9 Å². The van der Waals surface area contributed by atoms with E-state index in [2.05, 4.69) is 36.4 Å². The summed E-state index contributed by atoms with van der Waals surface area (Å²) in [6.07, 6.45) is 5.86. The molecule has 30 heavy (non-hydrogen) atoms. The fourth-order valence-electron chi connectivity index (χ4n) is 4.65. The molecule has 2 aromatic carbocycles. The Morgan fingerprint density at radius 2 is 1.90 bits per heavy atom. The number of anilines is 1. The third-order valence-corrected chi connectivity index (χ3v) is 7.07. The van der Waals surface area contributed by atoms with Gasteiger partial charge in [-0.15, -0.1) is 11.3 Å². The monoisotopic (exact) mass is 413 g/mol. The zero-order chi connectivity index (χ0) is 20.5. The molecule has 1 aliphatic heterocycles. The number of nitriles is 1. The van der Waals surface area contributed by atoms with Crippen LogP contribution in [0.25, 0.3) is 16.8 Å². The van der Waals surface area contributed by atoms with Gasteiger partial charge < -0.3 is 10.0 Å². The van der Waals surface area contributed by atoms with Gasteiger partial charge in [0.1, 0.15) is 6.04 Å². The van der Waals surface area contributed by atoms with Crippen LogP contribution in [-0.2, 0) is 0 Å². The number of aromatic nitrogens is 1. The number of aliphatic hydroxyl groups is 1. The molecule has 0 saturated carbocycles. The summed E-state index contributed by atoms with van der Waals surface area (Å²) in [5, 5.41) is 22.9. The van der Waals surface area contributed by atoms with Crippen LogP contribution in [0, 0.1) is 11.3 Å². The predicted octanol–water partition coefficient (Wildman–Crippen LogP) is 5.23. The van der Waals surface area contributed by atoms with Crippen molar-refractivity contribution in [2.75, 3.05) is 11.5 Å². The van der Waals surface area contributed by atoms with Crippen molar-refractivity contribution in [3.05, 3.63) is 77.2 Å². The molecule has 1 aliphatic carbocycles. The first kappa shape index (κ1) is 19.0. The molecular formula is C25H23N3OS. The lowest BCUT2D eigenvalue weighted by Crippen LogP contribution is -2.63. The summed E-state index contributed by atoms with van der Waals surface area (Å²) in [7, 11) is 0. The van der Waals surface area contributed by atoms with Crippen molar-refractivity contribution >= 4 is 22.0 Å². The Hall–Kier alpha value is -2.94. The molecule has 1 saturated heterocycles. The fraction of sp³-hybridized carbons (Fsp3) is 0.280. The zero-order valence-corrected chi connectivity index (χ0v) is 17.4. The van der Waals surface area contributed by atoms with E-state index in [4.69, 9.17) is 4.98 Å². The number of benzene rings is 2. The molecule has 0 spiro atoms. The van der Waals surface area contributed by atoms with E-state index in [9.17, 15) is 10.4 Å². The smallest absolute Gasteiger partial charge is 0.187 e. The summed E-state index contributed by atoms with van der Waals surface area (Å²) < 4.78 is 0. The largest absolute Gasteiger partial charge is 0.394 e. The molecule has 4 nitrogen and oxygen atoms in total. The summed E-state index contributed by atoms with van der Waals surface area (Å²) in [5.74, 6) is -0.0179. The minimum atomic E-state index is -0.325. The topological polar surface area (TPSA) is 60.1 Å². The molecule has 1 fully saturated rings. The molecule has 0 unspecified atom stereocenters. The van der Waals surface area contributed by atoms with Crippen molar-refractivity contribution in [3.8, 4) is 17.3 Å². The van der Waals surface area contributed by atoms with Crippen molar-refractivity contribution in [2.45, 2.75) is 37.3 Å². The van der Waals surface area contributed by atoms with Gasteiger partial charge in [-0.3, -0.25) is 0 Å². The van der Waals surface area contributed by atoms with Crippen molar-refractivity contribution < 1.29 is 5.11 Å². The van der Waals surface area contributed by atoms with Crippen LogP contribution in [0.5, 0.6) is 0 Å². The molecular weight excluding hydrogens is 390 g/mol. The van der Waals surface area contributed by atoms with Gasteiger partial charge >= 0.3 is 0 Å². The fourth-order valence-corrected chi connectivity index (χ4v) is 5.57. The van der Waals surface area contributed by atoms with Crippen LogP contribution in [0.4, 0.5) is 5.13 Å². The van der Waals surface area contributed by atoms with Crippen LogP contribution in [0.15, 0.2) is 66.1 Å². The first-order valence-corrected chi connectivity index (χ1v) is 11.3. The van der Waals surface area contributed by atoms with Crippen LogP contribution >= 0.6 is 11.3 Å². The number of hydrogen-bond acceptors (Lipinski definition) is 5. The highest BCUT2D eigenvalue weighted by atomic mass is 32.1. The third kappa shape index (κ3) is 3.23. The Labute approximate surface area is 180 Å². The van der Waals surface area contributed by atoms with E-state index in [1.165, 1.54) is 28.9 Å². The second-order valence-electron chi connectivity index (χ2n) is 7.88. The normalized spacial score (nSPS) is 23.0. The molecule has 1 aromatic heterocycles. The molecule has 3 atom stereocenters. The number of aliphatic hydroxyl groups excluding tert-OH is 1. The number of thiazole rings is 1. The Morgan fingerprint density at radius 1 is 1.10 bits per heavy atom. The van der Waals surface area contributed by atoms with Crippen molar-refractivity contribution in [1.29, 1.82) is 5.26 Å². The van der Waals surface area contributed by atoms with Crippen LogP contribution < -0.4 is 4.90 Å². The van der Waals surface area contributed by atoms with Gasteiger partial charge in [0.15, 0.2) is 5.13 Å². The van der Waals surface area contributed by atoms with Gasteiger partial charge in [-0.2, -0.15) is 5.26 Å². The second-order valence-corrected chi connectivity index (χ2v) is 8.72. The molecule has 5 rings (SSSR count). The maximum absolute atomic E-state index is 10.1. The number of nitrogens with zero attached hydrogens (tertiary/aromatic N) is 3. The predicted molar refractivity (Wildman–Crippen MR) is 121 cm³/mol. The maximum Gasteiger partial charge on any atom is 0.187 e. The van der Waals surface area contributed by atoms with E-state index in [1.54, 1.807) is 0 Å². The summed E-state index contributed by atoms with van der Waals surface area (Å²) in [4.78, 5) is 6.75. The lowest BCUT2D eigenvalue weighted by Gasteiger charge is -2.51. The van der Waals surface area contributed by atoms with Gasteiger partial charge in [0.2, 0.25) is 0 Å². The van der Waals surface area contributed by atoms with E-state index in [1.807, 2.05) is 40.6 Å². The van der Waals surface area contributed by atoms with Crippen molar-refractivity contribution in [3.63, 3.8) is 0 Å². The first-order valence-electron chi connectivity index (χ1n) is 10.4. The Kier molecular flexibility index (Phi) is 5.12. The minimum Gasteiger partial charge on any atom is -0.394 e. The second kappa shape index (κ2) is 8.06. The molecule has 0 radical (unpaired) electrons. The quantitative estimate of drug-likeness (QED) is 0.622. The van der Waals surface area contributed by atoms with Crippen LogP contribution in [0.2, 0.25) is 0 Å². The molecule has 0 amide bonds. The average Bonchev–Trinajstić information content (AvgIpc) is 3.48. The SMILES string of the molecule is N#C[C@@H]1[C@@H](c2ccc(C3=CCCC3)cc2)[C@@H](CO)N1c1nc(-c2ccccc2)cs1. The van der Waals surface area contributed by atoms with E-state index < -0.39 is 0 Å². The third-order valence-electron chi connectivity index (χ3n) is 6.22. The molecule has 2 heterocycles. The van der Waals surface area contributed by atoms with Gasteiger partial charge in [-0.1, -0.05) is 60.7 Å². The Balaban J connectivity index is 1.40. The summed E-state index contributed by atoms with van der Waals surface area (Å²) in [6.45, 7) is -0.00397. The Bertz CT molecular complexity index is 1100. The standard InChI is InChI=1S/C25H23N3OS/c26-14-22-24(20-12-10-18(11-13-20)17-6-4-5-7-17)23(15-29)28(22)25-27-21(16-30-25)19-8-2-1-3-9-19/h1-3,6,8-13,16,22-24,29H,4-5,7,15H2/t22-,23-,24-/m1/s1. The summed E-state index contributed by atoms with van der Waals surface area (Å²) >= 11 is 1.53. The summed E-state index contributed by atoms with van der Waals surface area (Å²) in [5.41, 5.74) is 5.76. The zero-order valence-electron chi connectivity index (χ0n) is 16.6. The minimum absolute atomic E-state index is 0.00397. The number of rotatable bonds is 5. The van der Waals surface area contributed by atoms with E-state index in [-0.39, 0.29) is 24.6 Å². The molecule has 3 aromatic rings. The van der Waals surface area contributed by atoms with Crippen LogP contribution in [0.3, 0.4) is 0 Å². The Morgan fingerprint density at radius 3 is 2.57 bits per heavy atom. The van der Waals surface area contributed by atoms with E-state index in [0.29, 0.717) is 0 Å². The lowest BCUT2D eigenvalue weighted by molar-refractivity contribution is 0.187. The van der Waals surface area contributed by atoms with E-state index in [0.717, 1.165) is 34.8 Å². The van der Waals surface area contributed by atoms with Crippen molar-refractivity contribution in [2.24, 2.45) is 0 Å². The van der Waals surface area contributed by atoms with Gasteiger partial charge in [-0.05, 0) is 36.0 Å².